The standard InChI is InChI=1S/C23H29N3O3/c1-16-4-7-19(8-5-16)24-22(27)15-26-12-10-18(11-13-26)23(28)25-20-9-6-17(2)14-21(20)29-3/h4-9,14,18H,10-13,15H2,1-3H3,(H,24,27)(H,25,28). The molecule has 1 fully saturated rings. The van der Waals surface area contributed by atoms with Crippen molar-refractivity contribution in [3.63, 3.8) is 0 Å². The maximum absolute atomic E-state index is 12.7. The van der Waals surface area contributed by atoms with E-state index in [0.717, 1.165) is 42.7 Å². The largest absolute Gasteiger partial charge is 0.495 e. The van der Waals surface area contributed by atoms with Crippen molar-refractivity contribution < 1.29 is 14.3 Å². The maximum Gasteiger partial charge on any atom is 0.238 e. The topological polar surface area (TPSA) is 70.7 Å². The molecule has 0 radical (unpaired) electrons. The van der Waals surface area contributed by atoms with Crippen LogP contribution in [0, 0.1) is 19.8 Å². The lowest BCUT2D eigenvalue weighted by atomic mass is 9.95. The molecule has 2 aromatic rings. The van der Waals surface area contributed by atoms with Gasteiger partial charge in [-0.3, -0.25) is 14.5 Å². The van der Waals surface area contributed by atoms with Gasteiger partial charge in [-0.1, -0.05) is 23.8 Å². The lowest BCUT2D eigenvalue weighted by molar-refractivity contribution is -0.121. The van der Waals surface area contributed by atoms with Crippen LogP contribution in [0.15, 0.2) is 42.5 Å². The van der Waals surface area contributed by atoms with Gasteiger partial charge in [-0.2, -0.15) is 0 Å². The lowest BCUT2D eigenvalue weighted by Gasteiger charge is -2.30. The van der Waals surface area contributed by atoms with Crippen LogP contribution in [-0.4, -0.2) is 43.5 Å². The number of hydrogen-bond acceptors (Lipinski definition) is 4. The van der Waals surface area contributed by atoms with Crippen LogP contribution in [0.3, 0.4) is 0 Å². The first kappa shape index (κ1) is 20.9. The number of amides is 2. The molecule has 3 rings (SSSR count). The first-order valence-corrected chi connectivity index (χ1v) is 9.99. The summed E-state index contributed by atoms with van der Waals surface area (Å²) in [6.07, 6.45) is 1.47. The average Bonchev–Trinajstić information content (AvgIpc) is 2.71. The number of carbonyl (C=O) groups is 2. The highest BCUT2D eigenvalue weighted by molar-refractivity contribution is 5.94. The fourth-order valence-electron chi connectivity index (χ4n) is 3.53. The monoisotopic (exact) mass is 395 g/mol. The van der Waals surface area contributed by atoms with E-state index in [1.54, 1.807) is 7.11 Å². The van der Waals surface area contributed by atoms with Gasteiger partial charge >= 0.3 is 0 Å². The van der Waals surface area contributed by atoms with Crippen LogP contribution >= 0.6 is 0 Å². The van der Waals surface area contributed by atoms with Crippen molar-refractivity contribution in [1.82, 2.24) is 4.90 Å². The van der Waals surface area contributed by atoms with Gasteiger partial charge in [0.2, 0.25) is 11.8 Å². The molecule has 1 aliphatic heterocycles. The molecule has 0 bridgehead atoms. The summed E-state index contributed by atoms with van der Waals surface area (Å²) in [7, 11) is 1.60. The molecule has 0 unspecified atom stereocenters. The molecule has 2 amide bonds. The van der Waals surface area contributed by atoms with Crippen LogP contribution in [-0.2, 0) is 9.59 Å². The van der Waals surface area contributed by atoms with Gasteiger partial charge in [0.05, 0.1) is 19.3 Å². The third-order valence-electron chi connectivity index (χ3n) is 5.28. The molecule has 29 heavy (non-hydrogen) atoms. The van der Waals surface area contributed by atoms with E-state index < -0.39 is 0 Å². The molecule has 2 N–H and O–H groups in total. The Kier molecular flexibility index (Phi) is 6.88. The third kappa shape index (κ3) is 5.81. The molecule has 0 aliphatic carbocycles. The van der Waals surface area contributed by atoms with Crippen molar-refractivity contribution in [3.05, 3.63) is 53.6 Å². The van der Waals surface area contributed by atoms with E-state index >= 15 is 0 Å². The van der Waals surface area contributed by atoms with E-state index in [2.05, 4.69) is 15.5 Å². The second-order valence-corrected chi connectivity index (χ2v) is 7.66. The maximum atomic E-state index is 12.7. The normalized spacial score (nSPS) is 15.0. The Hall–Kier alpha value is -2.86. The van der Waals surface area contributed by atoms with Crippen LogP contribution in [0.5, 0.6) is 5.75 Å². The van der Waals surface area contributed by atoms with E-state index in [0.29, 0.717) is 18.0 Å². The highest BCUT2D eigenvalue weighted by atomic mass is 16.5. The van der Waals surface area contributed by atoms with Gasteiger partial charge in [0.1, 0.15) is 5.75 Å². The van der Waals surface area contributed by atoms with Gasteiger partial charge in [0.25, 0.3) is 0 Å². The fraction of sp³-hybridized carbons (Fsp3) is 0.391. The van der Waals surface area contributed by atoms with Crippen LogP contribution in [0.4, 0.5) is 11.4 Å². The molecular weight excluding hydrogens is 366 g/mol. The number of nitrogens with one attached hydrogen (secondary N) is 2. The van der Waals surface area contributed by atoms with Crippen molar-refractivity contribution in [2.75, 3.05) is 37.4 Å². The fourth-order valence-corrected chi connectivity index (χ4v) is 3.53. The molecule has 1 saturated heterocycles. The average molecular weight is 396 g/mol. The zero-order chi connectivity index (χ0) is 20.8. The predicted octanol–water partition coefficient (Wildman–Crippen LogP) is 3.60. The van der Waals surface area contributed by atoms with Crippen molar-refractivity contribution in [2.24, 2.45) is 5.92 Å². The van der Waals surface area contributed by atoms with Gasteiger partial charge in [0, 0.05) is 11.6 Å². The smallest absolute Gasteiger partial charge is 0.238 e. The zero-order valence-corrected chi connectivity index (χ0v) is 17.3. The minimum absolute atomic E-state index is 0.0101. The van der Waals surface area contributed by atoms with Gasteiger partial charge in [-0.15, -0.1) is 0 Å². The number of nitrogens with zero attached hydrogens (tertiary/aromatic N) is 1. The Labute approximate surface area is 172 Å². The number of rotatable bonds is 6. The van der Waals surface area contributed by atoms with Crippen molar-refractivity contribution >= 4 is 23.2 Å². The van der Waals surface area contributed by atoms with Crippen LogP contribution in [0.25, 0.3) is 0 Å². The summed E-state index contributed by atoms with van der Waals surface area (Å²) < 4.78 is 5.36. The molecular formula is C23H29N3O3. The summed E-state index contributed by atoms with van der Waals surface area (Å²) in [5.41, 5.74) is 3.74. The number of benzene rings is 2. The summed E-state index contributed by atoms with van der Waals surface area (Å²) in [6, 6.07) is 13.5. The molecule has 6 nitrogen and oxygen atoms in total. The van der Waals surface area contributed by atoms with E-state index in [-0.39, 0.29) is 17.7 Å². The number of methoxy groups -OCH3 is 1. The first-order chi connectivity index (χ1) is 13.9. The van der Waals surface area contributed by atoms with Crippen molar-refractivity contribution in [3.8, 4) is 5.75 Å². The highest BCUT2D eigenvalue weighted by Gasteiger charge is 2.26. The minimum Gasteiger partial charge on any atom is -0.495 e. The molecule has 0 atom stereocenters. The van der Waals surface area contributed by atoms with Gasteiger partial charge < -0.3 is 15.4 Å². The van der Waals surface area contributed by atoms with Crippen molar-refractivity contribution in [2.45, 2.75) is 26.7 Å². The van der Waals surface area contributed by atoms with E-state index in [4.69, 9.17) is 4.74 Å². The van der Waals surface area contributed by atoms with E-state index in [1.165, 1.54) is 0 Å². The molecule has 6 heteroatoms. The van der Waals surface area contributed by atoms with Crippen LogP contribution < -0.4 is 15.4 Å². The molecule has 1 aliphatic rings. The quantitative estimate of drug-likeness (QED) is 0.784. The number of carbonyl (C=O) groups excluding carboxylic acids is 2. The summed E-state index contributed by atoms with van der Waals surface area (Å²) in [6.45, 7) is 5.79. The zero-order valence-electron chi connectivity index (χ0n) is 17.3. The Morgan fingerprint density at radius 3 is 2.31 bits per heavy atom. The summed E-state index contributed by atoms with van der Waals surface area (Å²) >= 11 is 0. The summed E-state index contributed by atoms with van der Waals surface area (Å²) in [5, 5.41) is 5.92. The number of likely N-dealkylation sites (tertiary alicyclic amines) is 1. The van der Waals surface area contributed by atoms with Crippen LogP contribution in [0.2, 0.25) is 0 Å². The molecule has 2 aromatic carbocycles. The van der Waals surface area contributed by atoms with Gasteiger partial charge in [0.15, 0.2) is 0 Å². The second kappa shape index (κ2) is 9.56. The second-order valence-electron chi connectivity index (χ2n) is 7.66. The molecule has 1 heterocycles. The number of anilines is 2. The predicted molar refractivity (Wildman–Crippen MR) is 115 cm³/mol. The third-order valence-corrected chi connectivity index (χ3v) is 5.28. The van der Waals surface area contributed by atoms with Gasteiger partial charge in [-0.25, -0.2) is 0 Å². The Morgan fingerprint density at radius 2 is 1.66 bits per heavy atom. The van der Waals surface area contributed by atoms with Gasteiger partial charge in [-0.05, 0) is 69.6 Å². The van der Waals surface area contributed by atoms with E-state index in [1.807, 2.05) is 56.3 Å². The number of ether oxygens (including phenoxy) is 1. The van der Waals surface area contributed by atoms with E-state index in [9.17, 15) is 9.59 Å². The summed E-state index contributed by atoms with van der Waals surface area (Å²) in [4.78, 5) is 27.0. The minimum atomic E-state index is -0.0579. The number of hydrogen-bond donors (Lipinski definition) is 2. The Morgan fingerprint density at radius 1 is 1.00 bits per heavy atom. The molecule has 154 valence electrons. The highest BCUT2D eigenvalue weighted by Crippen LogP contribution is 2.27. The Bertz CT molecular complexity index is 856. The SMILES string of the molecule is COc1cc(C)ccc1NC(=O)C1CCN(CC(=O)Nc2ccc(C)cc2)CC1. The molecule has 0 spiro atoms. The number of piperidine rings is 1. The van der Waals surface area contributed by atoms with Crippen molar-refractivity contribution in [1.29, 1.82) is 0 Å². The Balaban J connectivity index is 1.46. The molecule has 0 aromatic heterocycles. The number of aryl methyl sites for hydroxylation is 2. The first-order valence-electron chi connectivity index (χ1n) is 9.99. The lowest BCUT2D eigenvalue weighted by Crippen LogP contribution is -2.41. The summed E-state index contributed by atoms with van der Waals surface area (Å²) in [5.74, 6) is 0.595. The molecule has 0 saturated carbocycles. The van der Waals surface area contributed by atoms with Crippen LogP contribution in [0.1, 0.15) is 24.0 Å².